The van der Waals surface area contributed by atoms with Crippen molar-refractivity contribution in [3.05, 3.63) is 56.6 Å². The van der Waals surface area contributed by atoms with Crippen molar-refractivity contribution in [3.63, 3.8) is 0 Å². The quantitative estimate of drug-likeness (QED) is 0.444. The molecule has 1 fully saturated rings. The Balaban J connectivity index is 1.43. The van der Waals surface area contributed by atoms with Gasteiger partial charge in [0.2, 0.25) is 0 Å². The van der Waals surface area contributed by atoms with Gasteiger partial charge in [-0.3, -0.25) is 14.3 Å². The van der Waals surface area contributed by atoms with Crippen molar-refractivity contribution < 1.29 is 19.0 Å². The van der Waals surface area contributed by atoms with E-state index in [4.69, 9.17) is 14.2 Å². The third-order valence-electron chi connectivity index (χ3n) is 4.42. The Morgan fingerprint density at radius 2 is 2.19 bits per heavy atom. The normalized spacial score (nSPS) is 22.0. The van der Waals surface area contributed by atoms with Crippen molar-refractivity contribution >= 4 is 5.97 Å². The standard InChI is InChI=1S/C18H23N3O6/c1-12-8-21(18(24)19-16(12)22)15-6-5-14(27-15)10-25-11-26-17(23)13-4-3-7-20(2)9-13/h3,7-9,14-15H,4-6,10-11H2,1-2H3,(H,19,22,24)/t14-,15+/m0/s1. The summed E-state index contributed by atoms with van der Waals surface area (Å²) in [4.78, 5) is 39.4. The van der Waals surface area contributed by atoms with Crippen LogP contribution in [0.4, 0.5) is 0 Å². The van der Waals surface area contributed by atoms with Gasteiger partial charge in [0.25, 0.3) is 5.56 Å². The maximum absolute atomic E-state index is 11.9. The van der Waals surface area contributed by atoms with Gasteiger partial charge in [-0.25, -0.2) is 9.59 Å². The molecule has 1 aromatic rings. The van der Waals surface area contributed by atoms with Crippen LogP contribution in [0.25, 0.3) is 0 Å². The maximum atomic E-state index is 11.9. The summed E-state index contributed by atoms with van der Waals surface area (Å²) in [5.41, 5.74) is 0.118. The number of nitrogens with zero attached hydrogens (tertiary/aromatic N) is 2. The molecule has 1 saturated heterocycles. The molecule has 0 radical (unpaired) electrons. The third-order valence-corrected chi connectivity index (χ3v) is 4.42. The van der Waals surface area contributed by atoms with Gasteiger partial charge in [0, 0.05) is 31.4 Å². The number of rotatable bonds is 6. The summed E-state index contributed by atoms with van der Waals surface area (Å²) in [6, 6.07) is 0. The number of esters is 1. The molecule has 0 amide bonds. The van der Waals surface area contributed by atoms with Gasteiger partial charge in [-0.1, -0.05) is 6.08 Å². The number of aromatic amines is 1. The van der Waals surface area contributed by atoms with Crippen LogP contribution in [0.1, 0.15) is 31.1 Å². The minimum Gasteiger partial charge on any atom is -0.435 e. The molecule has 9 heteroatoms. The van der Waals surface area contributed by atoms with Gasteiger partial charge < -0.3 is 19.1 Å². The number of carbonyl (C=O) groups excluding carboxylic acids is 1. The highest BCUT2D eigenvalue weighted by Crippen LogP contribution is 2.27. The first kappa shape index (κ1) is 19.1. The largest absolute Gasteiger partial charge is 0.435 e. The van der Waals surface area contributed by atoms with Gasteiger partial charge in [-0.05, 0) is 26.0 Å². The highest BCUT2D eigenvalue weighted by atomic mass is 16.7. The van der Waals surface area contributed by atoms with Crippen LogP contribution in [-0.4, -0.2) is 47.0 Å². The van der Waals surface area contributed by atoms with Gasteiger partial charge >= 0.3 is 11.7 Å². The number of aromatic nitrogens is 2. The molecular formula is C18H23N3O6. The minimum atomic E-state index is -0.495. The van der Waals surface area contributed by atoms with Gasteiger partial charge in [-0.15, -0.1) is 0 Å². The van der Waals surface area contributed by atoms with E-state index in [9.17, 15) is 14.4 Å². The smallest absolute Gasteiger partial charge is 0.337 e. The van der Waals surface area contributed by atoms with Gasteiger partial charge in [-0.2, -0.15) is 0 Å². The fourth-order valence-electron chi connectivity index (χ4n) is 3.00. The van der Waals surface area contributed by atoms with Crippen molar-refractivity contribution in [2.75, 3.05) is 20.4 Å². The Kier molecular flexibility index (Phi) is 5.92. The lowest BCUT2D eigenvalue weighted by atomic mass is 10.1. The Labute approximate surface area is 155 Å². The molecule has 0 spiro atoms. The summed E-state index contributed by atoms with van der Waals surface area (Å²) in [7, 11) is 1.84. The molecule has 0 bridgehead atoms. The van der Waals surface area contributed by atoms with Crippen LogP contribution in [0, 0.1) is 6.92 Å². The first-order valence-corrected chi connectivity index (χ1v) is 8.75. The molecule has 1 aromatic heterocycles. The van der Waals surface area contributed by atoms with Crippen LogP contribution in [0.3, 0.4) is 0 Å². The third kappa shape index (κ3) is 4.75. The Hall–Kier alpha value is -2.65. The average molecular weight is 377 g/mol. The lowest BCUT2D eigenvalue weighted by Gasteiger charge is -2.17. The number of aryl methyl sites for hydroxylation is 1. The molecule has 0 aromatic carbocycles. The van der Waals surface area contributed by atoms with E-state index in [0.29, 0.717) is 30.4 Å². The van der Waals surface area contributed by atoms with Crippen LogP contribution < -0.4 is 11.2 Å². The fraction of sp³-hybridized carbons (Fsp3) is 0.500. The number of ether oxygens (including phenoxy) is 3. The minimum absolute atomic E-state index is 0.161. The van der Waals surface area contributed by atoms with E-state index >= 15 is 0 Å². The molecule has 146 valence electrons. The highest BCUT2D eigenvalue weighted by molar-refractivity contribution is 5.88. The fourth-order valence-corrected chi connectivity index (χ4v) is 3.00. The summed E-state index contributed by atoms with van der Waals surface area (Å²) in [5, 5.41) is 0. The van der Waals surface area contributed by atoms with E-state index in [-0.39, 0.29) is 19.5 Å². The van der Waals surface area contributed by atoms with Crippen LogP contribution >= 0.6 is 0 Å². The number of allylic oxidation sites excluding steroid dienone is 1. The van der Waals surface area contributed by atoms with Crippen molar-refractivity contribution in [2.45, 2.75) is 38.5 Å². The summed E-state index contributed by atoms with van der Waals surface area (Å²) in [6.45, 7) is 1.72. The molecule has 2 aliphatic heterocycles. The van der Waals surface area contributed by atoms with Gasteiger partial charge in [0.05, 0.1) is 18.3 Å². The predicted molar refractivity (Wildman–Crippen MR) is 95.7 cm³/mol. The molecule has 9 nitrogen and oxygen atoms in total. The van der Waals surface area contributed by atoms with Crippen molar-refractivity contribution in [1.29, 1.82) is 0 Å². The second-order valence-electron chi connectivity index (χ2n) is 6.60. The second-order valence-corrected chi connectivity index (χ2v) is 6.60. The molecule has 2 atom stereocenters. The van der Waals surface area contributed by atoms with E-state index < -0.39 is 23.4 Å². The highest BCUT2D eigenvalue weighted by Gasteiger charge is 2.27. The van der Waals surface area contributed by atoms with E-state index in [1.54, 1.807) is 18.0 Å². The number of hydrogen-bond acceptors (Lipinski definition) is 7. The van der Waals surface area contributed by atoms with Crippen molar-refractivity contribution in [1.82, 2.24) is 14.5 Å². The number of hydrogen-bond donors (Lipinski definition) is 1. The first-order chi connectivity index (χ1) is 12.9. The number of nitrogens with one attached hydrogen (secondary N) is 1. The first-order valence-electron chi connectivity index (χ1n) is 8.75. The zero-order valence-corrected chi connectivity index (χ0v) is 15.3. The predicted octanol–water partition coefficient (Wildman–Crippen LogP) is 0.773. The molecule has 0 aliphatic carbocycles. The molecule has 1 N–H and O–H groups in total. The maximum Gasteiger partial charge on any atom is 0.337 e. The molecule has 0 saturated carbocycles. The van der Waals surface area contributed by atoms with Crippen LogP contribution in [0.15, 0.2) is 39.8 Å². The molecular weight excluding hydrogens is 354 g/mol. The van der Waals surface area contributed by atoms with Crippen molar-refractivity contribution in [2.24, 2.45) is 0 Å². The van der Waals surface area contributed by atoms with Crippen LogP contribution in [0.5, 0.6) is 0 Å². The zero-order chi connectivity index (χ0) is 19.4. The molecule has 3 rings (SSSR count). The van der Waals surface area contributed by atoms with Crippen molar-refractivity contribution in [3.8, 4) is 0 Å². The number of carbonyl (C=O) groups is 1. The van der Waals surface area contributed by atoms with E-state index in [1.165, 1.54) is 10.8 Å². The molecule has 3 heterocycles. The van der Waals surface area contributed by atoms with Gasteiger partial charge in [0.15, 0.2) is 6.79 Å². The number of H-pyrrole nitrogens is 1. The van der Waals surface area contributed by atoms with Gasteiger partial charge in [0.1, 0.15) is 6.23 Å². The van der Waals surface area contributed by atoms with E-state index in [0.717, 1.165) is 0 Å². The van der Waals surface area contributed by atoms with E-state index in [2.05, 4.69) is 4.98 Å². The SMILES string of the molecule is Cc1cn([C@H]2CC[C@@H](COCOC(=O)C3=CN(C)C=CC3)O2)c(=O)[nH]c1=O. The topological polar surface area (TPSA) is 103 Å². The zero-order valence-electron chi connectivity index (χ0n) is 15.3. The van der Waals surface area contributed by atoms with Crippen LogP contribution in [0.2, 0.25) is 0 Å². The summed E-state index contributed by atoms with van der Waals surface area (Å²) in [5.74, 6) is -0.410. The van der Waals surface area contributed by atoms with E-state index in [1.807, 2.05) is 19.3 Å². The summed E-state index contributed by atoms with van der Waals surface area (Å²) in [6.07, 6.45) is 8.17. The Bertz CT molecular complexity index is 869. The van der Waals surface area contributed by atoms with Crippen LogP contribution in [-0.2, 0) is 19.0 Å². The lowest BCUT2D eigenvalue weighted by Crippen LogP contribution is -2.33. The average Bonchev–Trinajstić information content (AvgIpc) is 3.10. The molecule has 2 aliphatic rings. The summed E-state index contributed by atoms with van der Waals surface area (Å²) >= 11 is 0. The second kappa shape index (κ2) is 8.36. The monoisotopic (exact) mass is 377 g/mol. The Morgan fingerprint density at radius 1 is 1.37 bits per heavy atom. The summed E-state index contributed by atoms with van der Waals surface area (Å²) < 4.78 is 17.7. The molecule has 27 heavy (non-hydrogen) atoms. The lowest BCUT2D eigenvalue weighted by molar-refractivity contribution is -0.155. The Morgan fingerprint density at radius 3 is 2.96 bits per heavy atom. The molecule has 0 unspecified atom stereocenters.